The summed E-state index contributed by atoms with van der Waals surface area (Å²) in [6.07, 6.45) is 3.58. The molecule has 0 aliphatic carbocycles. The Morgan fingerprint density at radius 3 is 2.61 bits per heavy atom. The summed E-state index contributed by atoms with van der Waals surface area (Å²) in [6, 6.07) is 18.1. The largest absolute Gasteiger partial charge is 0.369 e. The zero-order valence-electron chi connectivity index (χ0n) is 19.0. The number of nitrogens with zero attached hydrogens (tertiary/aromatic N) is 4. The molecule has 0 spiro atoms. The van der Waals surface area contributed by atoms with Gasteiger partial charge in [-0.15, -0.1) is 0 Å². The highest BCUT2D eigenvalue weighted by molar-refractivity contribution is 6.03. The summed E-state index contributed by atoms with van der Waals surface area (Å²) >= 11 is 0. The number of aromatic nitrogens is 3. The Bertz CT molecular complexity index is 1270. The molecule has 0 saturated carbocycles. The number of carbonyl (C=O) groups excluding carboxylic acids is 1. The molecule has 1 aliphatic rings. The molecular formula is C26H28N6O. The fourth-order valence-corrected chi connectivity index (χ4v) is 4.14. The van der Waals surface area contributed by atoms with E-state index in [9.17, 15) is 4.79 Å². The quantitative estimate of drug-likeness (QED) is 0.487. The smallest absolute Gasteiger partial charge is 0.274 e. The summed E-state index contributed by atoms with van der Waals surface area (Å²) in [7, 11) is 0. The van der Waals surface area contributed by atoms with Gasteiger partial charge in [-0.05, 0) is 47.4 Å². The fourth-order valence-electron chi connectivity index (χ4n) is 4.14. The highest BCUT2D eigenvalue weighted by Gasteiger charge is 2.15. The van der Waals surface area contributed by atoms with Gasteiger partial charge in [0.15, 0.2) is 5.65 Å². The fraction of sp³-hybridized carbons (Fsp3) is 0.269. The number of hydrogen-bond acceptors (Lipinski definition) is 5. The van der Waals surface area contributed by atoms with E-state index in [0.29, 0.717) is 17.3 Å². The molecule has 5 rings (SSSR count). The van der Waals surface area contributed by atoms with Crippen molar-refractivity contribution in [3.05, 3.63) is 78.2 Å². The first-order chi connectivity index (χ1) is 16.1. The SMILES string of the molecule is CC(C)c1cccc(-c2cnn3ccc(C(=O)Nc4ccc(N5CCNCC5)cc4)nc23)c1. The van der Waals surface area contributed by atoms with Crippen LogP contribution in [-0.4, -0.2) is 46.7 Å². The molecule has 0 unspecified atom stereocenters. The Balaban J connectivity index is 1.37. The van der Waals surface area contributed by atoms with Crippen molar-refractivity contribution in [3.63, 3.8) is 0 Å². The van der Waals surface area contributed by atoms with Crippen molar-refractivity contribution in [2.75, 3.05) is 36.4 Å². The Hall–Kier alpha value is -3.71. The van der Waals surface area contributed by atoms with Crippen molar-refractivity contribution >= 4 is 22.9 Å². The highest BCUT2D eigenvalue weighted by Crippen LogP contribution is 2.27. The van der Waals surface area contributed by atoms with Gasteiger partial charge in [-0.3, -0.25) is 4.79 Å². The molecule has 2 aromatic heterocycles. The van der Waals surface area contributed by atoms with Crippen molar-refractivity contribution in [2.24, 2.45) is 0 Å². The number of rotatable bonds is 5. The van der Waals surface area contributed by atoms with Crippen LogP contribution >= 0.6 is 0 Å². The van der Waals surface area contributed by atoms with Crippen molar-refractivity contribution in [1.82, 2.24) is 19.9 Å². The number of fused-ring (bicyclic) bond motifs is 1. The van der Waals surface area contributed by atoms with Gasteiger partial charge in [-0.1, -0.05) is 38.1 Å². The molecule has 7 nitrogen and oxygen atoms in total. The van der Waals surface area contributed by atoms with Crippen LogP contribution in [-0.2, 0) is 0 Å². The van der Waals surface area contributed by atoms with E-state index < -0.39 is 0 Å². The molecule has 0 radical (unpaired) electrons. The molecule has 33 heavy (non-hydrogen) atoms. The lowest BCUT2D eigenvalue weighted by Crippen LogP contribution is -2.43. The summed E-state index contributed by atoms with van der Waals surface area (Å²) in [6.45, 7) is 8.31. The predicted molar refractivity (Wildman–Crippen MR) is 132 cm³/mol. The first-order valence-corrected chi connectivity index (χ1v) is 11.4. The van der Waals surface area contributed by atoms with Crippen molar-refractivity contribution in [3.8, 4) is 11.1 Å². The maximum absolute atomic E-state index is 12.9. The zero-order chi connectivity index (χ0) is 22.8. The van der Waals surface area contributed by atoms with Gasteiger partial charge in [0.1, 0.15) is 5.69 Å². The molecule has 168 valence electrons. The third-order valence-corrected chi connectivity index (χ3v) is 6.07. The monoisotopic (exact) mass is 440 g/mol. The molecule has 1 aliphatic heterocycles. The van der Waals surface area contributed by atoms with E-state index in [-0.39, 0.29) is 5.91 Å². The number of hydrogen-bond donors (Lipinski definition) is 2. The third-order valence-electron chi connectivity index (χ3n) is 6.07. The lowest BCUT2D eigenvalue weighted by atomic mass is 9.99. The van der Waals surface area contributed by atoms with Gasteiger partial charge in [0, 0.05) is 49.3 Å². The normalized spacial score (nSPS) is 14.1. The number of piperazine rings is 1. The minimum Gasteiger partial charge on any atom is -0.369 e. The standard InChI is InChI=1S/C26H28N6O/c1-18(2)19-4-3-5-20(16-19)23-17-28-32-13-10-24(30-25(23)32)26(33)29-21-6-8-22(9-7-21)31-14-11-27-12-15-31/h3-10,13,16-18,27H,11-12,14-15H2,1-2H3,(H,29,33). The molecule has 1 saturated heterocycles. The van der Waals surface area contributed by atoms with Crippen LogP contribution in [0.2, 0.25) is 0 Å². The van der Waals surface area contributed by atoms with Gasteiger partial charge in [0.05, 0.1) is 6.20 Å². The first-order valence-electron chi connectivity index (χ1n) is 11.4. The van der Waals surface area contributed by atoms with E-state index in [1.807, 2.05) is 24.3 Å². The second-order valence-corrected chi connectivity index (χ2v) is 8.66. The van der Waals surface area contributed by atoms with E-state index in [1.54, 1.807) is 23.0 Å². The second-order valence-electron chi connectivity index (χ2n) is 8.66. The van der Waals surface area contributed by atoms with Gasteiger partial charge in [-0.25, -0.2) is 9.50 Å². The summed E-state index contributed by atoms with van der Waals surface area (Å²) in [5.74, 6) is 0.189. The molecule has 3 heterocycles. The lowest BCUT2D eigenvalue weighted by Gasteiger charge is -2.29. The average molecular weight is 441 g/mol. The Kier molecular flexibility index (Phi) is 5.79. The second kappa shape index (κ2) is 9.03. The van der Waals surface area contributed by atoms with Crippen LogP contribution < -0.4 is 15.5 Å². The minimum absolute atomic E-state index is 0.240. The average Bonchev–Trinajstić information content (AvgIpc) is 3.28. The van der Waals surface area contributed by atoms with Gasteiger partial charge in [-0.2, -0.15) is 5.10 Å². The summed E-state index contributed by atoms with van der Waals surface area (Å²) < 4.78 is 1.70. The van der Waals surface area contributed by atoms with Crippen LogP contribution in [0.5, 0.6) is 0 Å². The molecule has 7 heteroatoms. The molecule has 0 bridgehead atoms. The summed E-state index contributed by atoms with van der Waals surface area (Å²) in [5.41, 5.74) is 6.15. The molecule has 1 fully saturated rings. The van der Waals surface area contributed by atoms with E-state index in [0.717, 1.165) is 43.0 Å². The van der Waals surface area contributed by atoms with E-state index in [4.69, 9.17) is 0 Å². The number of anilines is 2. The van der Waals surface area contributed by atoms with E-state index in [2.05, 4.69) is 63.7 Å². The third kappa shape index (κ3) is 4.45. The topological polar surface area (TPSA) is 74.6 Å². The Labute approximate surface area is 193 Å². The molecule has 2 N–H and O–H groups in total. The molecule has 4 aromatic rings. The maximum atomic E-state index is 12.9. The van der Waals surface area contributed by atoms with Gasteiger partial charge in [0.2, 0.25) is 0 Å². The molecule has 0 atom stereocenters. The number of benzene rings is 2. The minimum atomic E-state index is -0.240. The highest BCUT2D eigenvalue weighted by atomic mass is 16.1. The molecular weight excluding hydrogens is 412 g/mol. The summed E-state index contributed by atoms with van der Waals surface area (Å²) in [4.78, 5) is 19.9. The van der Waals surface area contributed by atoms with E-state index in [1.165, 1.54) is 11.3 Å². The van der Waals surface area contributed by atoms with Crippen LogP contribution in [0, 0.1) is 0 Å². The van der Waals surface area contributed by atoms with Crippen LogP contribution in [0.1, 0.15) is 35.8 Å². The maximum Gasteiger partial charge on any atom is 0.274 e. The molecule has 1 amide bonds. The van der Waals surface area contributed by atoms with Crippen LogP contribution in [0.25, 0.3) is 16.8 Å². The number of nitrogens with one attached hydrogen (secondary N) is 2. The van der Waals surface area contributed by atoms with Crippen LogP contribution in [0.4, 0.5) is 11.4 Å². The van der Waals surface area contributed by atoms with Gasteiger partial charge >= 0.3 is 0 Å². The van der Waals surface area contributed by atoms with Crippen molar-refractivity contribution in [2.45, 2.75) is 19.8 Å². The van der Waals surface area contributed by atoms with Gasteiger partial charge < -0.3 is 15.5 Å². The molecule has 2 aromatic carbocycles. The predicted octanol–water partition coefficient (Wildman–Crippen LogP) is 4.18. The van der Waals surface area contributed by atoms with Crippen molar-refractivity contribution in [1.29, 1.82) is 0 Å². The van der Waals surface area contributed by atoms with Gasteiger partial charge in [0.25, 0.3) is 5.91 Å². The number of carbonyl (C=O) groups is 1. The Morgan fingerprint density at radius 2 is 1.85 bits per heavy atom. The number of amides is 1. The lowest BCUT2D eigenvalue weighted by molar-refractivity contribution is 0.102. The summed E-state index contributed by atoms with van der Waals surface area (Å²) in [5, 5.41) is 10.7. The van der Waals surface area contributed by atoms with E-state index >= 15 is 0 Å². The van der Waals surface area contributed by atoms with Crippen LogP contribution in [0.15, 0.2) is 67.0 Å². The zero-order valence-corrected chi connectivity index (χ0v) is 19.0. The Morgan fingerprint density at radius 1 is 1.06 bits per heavy atom. The van der Waals surface area contributed by atoms with Crippen molar-refractivity contribution < 1.29 is 4.79 Å². The van der Waals surface area contributed by atoms with Crippen LogP contribution in [0.3, 0.4) is 0 Å². The first kappa shape index (κ1) is 21.2.